The monoisotopic (exact) mass is 470 g/mol. The average Bonchev–Trinajstić information content (AvgIpc) is 2.85. The van der Waals surface area contributed by atoms with E-state index < -0.39 is 11.9 Å². The predicted molar refractivity (Wildman–Crippen MR) is 130 cm³/mol. The van der Waals surface area contributed by atoms with Gasteiger partial charge in [-0.1, -0.05) is 42.5 Å². The van der Waals surface area contributed by atoms with Gasteiger partial charge in [0, 0.05) is 11.6 Å². The zero-order valence-corrected chi connectivity index (χ0v) is 19.6. The molecule has 178 valence electrons. The summed E-state index contributed by atoms with van der Waals surface area (Å²) in [4.78, 5) is 12.4. The fourth-order valence-corrected chi connectivity index (χ4v) is 4.02. The first-order chi connectivity index (χ1) is 17.0. The number of carbonyl (C=O) groups excluding carboxylic acids is 1. The van der Waals surface area contributed by atoms with Crippen molar-refractivity contribution in [1.29, 1.82) is 5.26 Å². The summed E-state index contributed by atoms with van der Waals surface area (Å²) in [5.41, 5.74) is 8.81. The van der Waals surface area contributed by atoms with Crippen LogP contribution in [0.4, 0.5) is 0 Å². The molecule has 0 saturated carbocycles. The Morgan fingerprint density at radius 2 is 1.74 bits per heavy atom. The molecule has 7 heteroatoms. The molecule has 0 amide bonds. The van der Waals surface area contributed by atoms with Crippen LogP contribution in [-0.2, 0) is 11.2 Å². The Morgan fingerprint density at radius 1 is 1.00 bits per heavy atom. The number of rotatable bonds is 8. The van der Waals surface area contributed by atoms with Crippen molar-refractivity contribution in [3.8, 4) is 29.1 Å². The third-order valence-corrected chi connectivity index (χ3v) is 5.51. The molecule has 1 aliphatic heterocycles. The fourth-order valence-electron chi connectivity index (χ4n) is 4.02. The van der Waals surface area contributed by atoms with E-state index in [1.165, 1.54) is 0 Å². The van der Waals surface area contributed by atoms with E-state index in [4.69, 9.17) is 24.7 Å². The van der Waals surface area contributed by atoms with E-state index >= 15 is 0 Å². The number of hydrogen-bond acceptors (Lipinski definition) is 7. The number of nitriles is 1. The number of benzene rings is 3. The summed E-state index contributed by atoms with van der Waals surface area (Å²) in [6, 6.07) is 22.2. The first kappa shape index (κ1) is 23.7. The van der Waals surface area contributed by atoms with Crippen molar-refractivity contribution in [2.24, 2.45) is 5.73 Å². The van der Waals surface area contributed by atoms with Crippen molar-refractivity contribution in [3.63, 3.8) is 0 Å². The highest BCUT2D eigenvalue weighted by molar-refractivity contribution is 5.75. The fraction of sp³-hybridized carbons (Fsp3) is 0.214. The number of carbonyl (C=O) groups is 1. The van der Waals surface area contributed by atoms with Gasteiger partial charge in [0.2, 0.25) is 5.88 Å². The maximum absolute atomic E-state index is 12.4. The molecule has 3 aromatic rings. The average molecular weight is 471 g/mol. The largest absolute Gasteiger partial charge is 0.490 e. The van der Waals surface area contributed by atoms with E-state index in [-0.39, 0.29) is 17.9 Å². The molecule has 1 atom stereocenters. The van der Waals surface area contributed by atoms with E-state index in [1.807, 2.05) is 62.4 Å². The number of nitrogens with two attached hydrogens (primary N) is 1. The zero-order chi connectivity index (χ0) is 24.8. The van der Waals surface area contributed by atoms with Gasteiger partial charge in [-0.3, -0.25) is 4.79 Å². The van der Waals surface area contributed by atoms with Gasteiger partial charge in [0.1, 0.15) is 23.1 Å². The van der Waals surface area contributed by atoms with Crippen LogP contribution < -0.4 is 24.7 Å². The standard InChI is InChI=1S/C28H26N2O5/c1-3-32-23-13-10-19(15-25(23)33-4-2)27-21-12-11-20(16-24(21)35-28(30)22(27)17-29)34-26(31)14-18-8-6-5-7-9-18/h5-13,15-16,27H,3-4,14,30H2,1-2H3. The Kier molecular flexibility index (Phi) is 7.22. The first-order valence-electron chi connectivity index (χ1n) is 11.4. The minimum absolute atomic E-state index is 0.00427. The van der Waals surface area contributed by atoms with E-state index in [0.717, 1.165) is 16.7 Å². The van der Waals surface area contributed by atoms with Gasteiger partial charge in [-0.15, -0.1) is 0 Å². The van der Waals surface area contributed by atoms with Gasteiger partial charge in [0.05, 0.1) is 25.6 Å². The molecule has 3 aromatic carbocycles. The topological polar surface area (TPSA) is 104 Å². The number of esters is 1. The van der Waals surface area contributed by atoms with Gasteiger partial charge in [-0.05, 0) is 43.2 Å². The van der Waals surface area contributed by atoms with Crippen LogP contribution in [0.1, 0.15) is 36.5 Å². The van der Waals surface area contributed by atoms with Gasteiger partial charge < -0.3 is 24.7 Å². The van der Waals surface area contributed by atoms with Crippen LogP contribution in [0.5, 0.6) is 23.0 Å². The first-order valence-corrected chi connectivity index (χ1v) is 11.4. The molecule has 0 bridgehead atoms. The Hall–Kier alpha value is -4.44. The Morgan fingerprint density at radius 3 is 2.46 bits per heavy atom. The summed E-state index contributed by atoms with van der Waals surface area (Å²) in [6.45, 7) is 4.77. The van der Waals surface area contributed by atoms with Crippen molar-refractivity contribution >= 4 is 5.97 Å². The van der Waals surface area contributed by atoms with Crippen molar-refractivity contribution in [2.45, 2.75) is 26.2 Å². The molecule has 35 heavy (non-hydrogen) atoms. The Labute approximate surface area is 204 Å². The second kappa shape index (κ2) is 10.7. The zero-order valence-electron chi connectivity index (χ0n) is 19.6. The molecule has 7 nitrogen and oxygen atoms in total. The van der Waals surface area contributed by atoms with Gasteiger partial charge in [-0.2, -0.15) is 5.26 Å². The molecule has 1 aliphatic rings. The quantitative estimate of drug-likeness (QED) is 0.371. The highest BCUT2D eigenvalue weighted by atomic mass is 16.5. The molecule has 0 radical (unpaired) electrons. The lowest BCUT2D eigenvalue weighted by atomic mass is 9.83. The van der Waals surface area contributed by atoms with Gasteiger partial charge >= 0.3 is 5.97 Å². The highest BCUT2D eigenvalue weighted by Gasteiger charge is 2.31. The van der Waals surface area contributed by atoms with Crippen LogP contribution in [0.25, 0.3) is 0 Å². The maximum atomic E-state index is 12.4. The summed E-state index contributed by atoms with van der Waals surface area (Å²) >= 11 is 0. The molecular weight excluding hydrogens is 444 g/mol. The SMILES string of the molecule is CCOc1ccc(C2C(C#N)=C(N)Oc3cc(OC(=O)Cc4ccccc4)ccc32)cc1OCC. The van der Waals surface area contributed by atoms with Crippen molar-refractivity contribution in [2.75, 3.05) is 13.2 Å². The minimum Gasteiger partial charge on any atom is -0.490 e. The molecule has 0 spiro atoms. The van der Waals surface area contributed by atoms with Gasteiger partial charge in [-0.25, -0.2) is 0 Å². The molecule has 2 N–H and O–H groups in total. The molecule has 1 heterocycles. The third kappa shape index (κ3) is 5.22. The molecule has 4 rings (SSSR count). The lowest BCUT2D eigenvalue weighted by Crippen LogP contribution is -2.21. The predicted octanol–water partition coefficient (Wildman–Crippen LogP) is 4.85. The number of fused-ring (bicyclic) bond motifs is 1. The van der Waals surface area contributed by atoms with Crippen molar-refractivity contribution in [1.82, 2.24) is 0 Å². The van der Waals surface area contributed by atoms with Crippen LogP contribution in [-0.4, -0.2) is 19.2 Å². The third-order valence-electron chi connectivity index (χ3n) is 5.51. The van der Waals surface area contributed by atoms with E-state index in [1.54, 1.807) is 18.2 Å². The number of hydrogen-bond donors (Lipinski definition) is 1. The van der Waals surface area contributed by atoms with E-state index in [9.17, 15) is 10.1 Å². The lowest BCUT2D eigenvalue weighted by Gasteiger charge is -2.27. The lowest BCUT2D eigenvalue weighted by molar-refractivity contribution is -0.133. The number of allylic oxidation sites excluding steroid dienone is 1. The summed E-state index contributed by atoms with van der Waals surface area (Å²) < 4.78 is 22.7. The Bertz CT molecular complexity index is 1290. The second-order valence-electron chi connectivity index (χ2n) is 7.83. The molecule has 0 aromatic heterocycles. The van der Waals surface area contributed by atoms with Crippen LogP contribution in [0, 0.1) is 11.3 Å². The van der Waals surface area contributed by atoms with Crippen LogP contribution in [0.3, 0.4) is 0 Å². The summed E-state index contributed by atoms with van der Waals surface area (Å²) in [6.07, 6.45) is 0.147. The second-order valence-corrected chi connectivity index (χ2v) is 7.83. The number of nitrogens with zero attached hydrogens (tertiary/aromatic N) is 1. The maximum Gasteiger partial charge on any atom is 0.315 e. The molecule has 1 unspecified atom stereocenters. The van der Waals surface area contributed by atoms with E-state index in [0.29, 0.717) is 36.2 Å². The van der Waals surface area contributed by atoms with Crippen LogP contribution in [0.2, 0.25) is 0 Å². The molecular formula is C28H26N2O5. The van der Waals surface area contributed by atoms with Gasteiger partial charge in [0.25, 0.3) is 0 Å². The summed E-state index contributed by atoms with van der Waals surface area (Å²) in [5, 5.41) is 9.85. The molecule has 0 aliphatic carbocycles. The smallest absolute Gasteiger partial charge is 0.315 e. The number of ether oxygens (including phenoxy) is 4. The summed E-state index contributed by atoms with van der Waals surface area (Å²) in [5.74, 6) is 1.10. The van der Waals surface area contributed by atoms with Crippen molar-refractivity contribution in [3.05, 3.63) is 94.9 Å². The molecule has 0 saturated heterocycles. The van der Waals surface area contributed by atoms with E-state index in [2.05, 4.69) is 6.07 Å². The van der Waals surface area contributed by atoms with Gasteiger partial charge in [0.15, 0.2) is 11.5 Å². The van der Waals surface area contributed by atoms with Crippen molar-refractivity contribution < 1.29 is 23.7 Å². The molecule has 0 fully saturated rings. The minimum atomic E-state index is -0.479. The summed E-state index contributed by atoms with van der Waals surface area (Å²) in [7, 11) is 0. The van der Waals surface area contributed by atoms with Crippen LogP contribution >= 0.6 is 0 Å². The van der Waals surface area contributed by atoms with Crippen LogP contribution in [0.15, 0.2) is 78.2 Å². The highest BCUT2D eigenvalue weighted by Crippen LogP contribution is 2.45. The Balaban J connectivity index is 1.66. The normalized spacial score (nSPS) is 14.4.